The van der Waals surface area contributed by atoms with Gasteiger partial charge in [-0.2, -0.15) is 0 Å². The van der Waals surface area contributed by atoms with Gasteiger partial charge in [-0.05, 0) is 31.2 Å². The number of sulfonamides is 1. The molecule has 2 aromatic carbocycles. The zero-order chi connectivity index (χ0) is 19.3. The van der Waals surface area contributed by atoms with E-state index in [1.807, 2.05) is 6.92 Å². The Bertz CT molecular complexity index is 877. The molecule has 0 saturated heterocycles. The summed E-state index contributed by atoms with van der Waals surface area (Å²) in [5.41, 5.74) is 1.33. The topological polar surface area (TPSA) is 82.1 Å². The molecular weight excluding hydrogens is 358 g/mol. The number of rotatable bonds is 7. The van der Waals surface area contributed by atoms with Gasteiger partial charge in [0.05, 0.1) is 31.9 Å². The fourth-order valence-electron chi connectivity index (χ4n) is 2.31. The third-order valence-electron chi connectivity index (χ3n) is 3.77. The first-order valence-electron chi connectivity index (χ1n) is 7.71. The first-order chi connectivity index (χ1) is 12.3. The predicted octanol–water partition coefficient (Wildman–Crippen LogP) is 2.38. The van der Waals surface area contributed by atoms with E-state index in [0.29, 0.717) is 11.4 Å². The molecule has 0 atom stereocenters. The molecular formula is C18H21NO6S. The molecule has 7 nitrogen and oxygen atoms in total. The summed E-state index contributed by atoms with van der Waals surface area (Å²) in [5, 5.41) is 0. The monoisotopic (exact) mass is 379 g/mol. The fraction of sp³-hybridized carbons (Fsp3) is 0.278. The van der Waals surface area contributed by atoms with E-state index in [1.165, 1.54) is 39.5 Å². The van der Waals surface area contributed by atoms with Crippen molar-refractivity contribution in [3.8, 4) is 11.5 Å². The number of anilines is 1. The fourth-order valence-corrected chi connectivity index (χ4v) is 3.74. The minimum absolute atomic E-state index is 0.0281. The number of methoxy groups -OCH3 is 3. The van der Waals surface area contributed by atoms with Gasteiger partial charge in [0.15, 0.2) is 11.5 Å². The Morgan fingerprint density at radius 3 is 2.12 bits per heavy atom. The van der Waals surface area contributed by atoms with E-state index in [1.54, 1.807) is 24.3 Å². The Morgan fingerprint density at radius 1 is 0.962 bits per heavy atom. The standard InChI is InChI=1S/C18H21NO6S/c1-13-5-7-14(8-6-13)19(12-18(20)25-4)26(21,22)15-9-10-16(23-2)17(11-15)24-3/h5-11H,12H2,1-4H3. The van der Waals surface area contributed by atoms with Crippen LogP contribution in [0.1, 0.15) is 5.56 Å². The van der Waals surface area contributed by atoms with Gasteiger partial charge in [-0.25, -0.2) is 8.42 Å². The van der Waals surface area contributed by atoms with Gasteiger partial charge in [0.2, 0.25) is 0 Å². The van der Waals surface area contributed by atoms with Crippen LogP contribution < -0.4 is 13.8 Å². The lowest BCUT2D eigenvalue weighted by Gasteiger charge is -2.24. The summed E-state index contributed by atoms with van der Waals surface area (Å²) in [6.45, 7) is 1.44. The number of ether oxygens (including phenoxy) is 3. The molecule has 0 spiro atoms. The van der Waals surface area contributed by atoms with Crippen molar-refractivity contribution >= 4 is 21.7 Å². The molecule has 0 aliphatic carbocycles. The van der Waals surface area contributed by atoms with Gasteiger partial charge in [0, 0.05) is 6.07 Å². The van der Waals surface area contributed by atoms with Crippen molar-refractivity contribution in [3.63, 3.8) is 0 Å². The lowest BCUT2D eigenvalue weighted by molar-refractivity contribution is -0.138. The second-order valence-corrected chi connectivity index (χ2v) is 7.30. The van der Waals surface area contributed by atoms with Crippen LogP contribution in [0.2, 0.25) is 0 Å². The van der Waals surface area contributed by atoms with Gasteiger partial charge in [-0.1, -0.05) is 17.7 Å². The highest BCUT2D eigenvalue weighted by Crippen LogP contribution is 2.32. The lowest BCUT2D eigenvalue weighted by Crippen LogP contribution is -2.36. The Labute approximate surface area is 153 Å². The molecule has 0 saturated carbocycles. The van der Waals surface area contributed by atoms with Crippen molar-refractivity contribution in [3.05, 3.63) is 48.0 Å². The second kappa shape index (κ2) is 8.09. The van der Waals surface area contributed by atoms with E-state index in [-0.39, 0.29) is 10.6 Å². The molecule has 140 valence electrons. The van der Waals surface area contributed by atoms with Gasteiger partial charge >= 0.3 is 5.97 Å². The van der Waals surface area contributed by atoms with Crippen LogP contribution in [0, 0.1) is 6.92 Å². The molecule has 8 heteroatoms. The Hall–Kier alpha value is -2.74. The normalized spacial score (nSPS) is 10.9. The van der Waals surface area contributed by atoms with E-state index < -0.39 is 22.5 Å². The summed E-state index contributed by atoms with van der Waals surface area (Å²) in [6.07, 6.45) is 0. The molecule has 2 aromatic rings. The van der Waals surface area contributed by atoms with Crippen LogP contribution >= 0.6 is 0 Å². The van der Waals surface area contributed by atoms with E-state index >= 15 is 0 Å². The number of benzene rings is 2. The van der Waals surface area contributed by atoms with Gasteiger partial charge in [0.25, 0.3) is 10.0 Å². The second-order valence-electron chi connectivity index (χ2n) is 5.44. The number of nitrogens with zero attached hydrogens (tertiary/aromatic N) is 1. The van der Waals surface area contributed by atoms with Gasteiger partial charge < -0.3 is 14.2 Å². The van der Waals surface area contributed by atoms with Crippen LogP contribution in [0.4, 0.5) is 5.69 Å². The van der Waals surface area contributed by atoms with Crippen molar-refractivity contribution in [2.75, 3.05) is 32.2 Å². The first kappa shape index (κ1) is 19.6. The molecule has 0 unspecified atom stereocenters. The molecule has 0 fully saturated rings. The molecule has 0 aliphatic heterocycles. The Morgan fingerprint density at radius 2 is 1.58 bits per heavy atom. The highest BCUT2D eigenvalue weighted by Gasteiger charge is 2.28. The van der Waals surface area contributed by atoms with Crippen LogP contribution in [0.3, 0.4) is 0 Å². The van der Waals surface area contributed by atoms with Crippen molar-refractivity contribution in [2.24, 2.45) is 0 Å². The highest BCUT2D eigenvalue weighted by molar-refractivity contribution is 7.92. The number of hydrogen-bond donors (Lipinski definition) is 0. The molecule has 0 heterocycles. The molecule has 0 aliphatic rings. The third-order valence-corrected chi connectivity index (χ3v) is 5.54. The number of aryl methyl sites for hydroxylation is 1. The molecule has 0 radical (unpaired) electrons. The number of esters is 1. The molecule has 0 N–H and O–H groups in total. The maximum atomic E-state index is 13.2. The zero-order valence-electron chi connectivity index (χ0n) is 15.1. The van der Waals surface area contributed by atoms with E-state index in [4.69, 9.17) is 9.47 Å². The van der Waals surface area contributed by atoms with Crippen LogP contribution in [0.5, 0.6) is 11.5 Å². The van der Waals surface area contributed by atoms with Crippen molar-refractivity contribution in [1.29, 1.82) is 0 Å². The summed E-state index contributed by atoms with van der Waals surface area (Å²) >= 11 is 0. The molecule has 0 aromatic heterocycles. The van der Waals surface area contributed by atoms with Crippen LogP contribution in [0.15, 0.2) is 47.4 Å². The van der Waals surface area contributed by atoms with E-state index in [9.17, 15) is 13.2 Å². The van der Waals surface area contributed by atoms with Crippen LogP contribution in [0.25, 0.3) is 0 Å². The number of carbonyl (C=O) groups excluding carboxylic acids is 1. The minimum Gasteiger partial charge on any atom is -0.493 e. The van der Waals surface area contributed by atoms with Crippen molar-refractivity contribution in [1.82, 2.24) is 0 Å². The molecule has 0 bridgehead atoms. The minimum atomic E-state index is -4.03. The third kappa shape index (κ3) is 4.08. The lowest BCUT2D eigenvalue weighted by atomic mass is 10.2. The molecule has 26 heavy (non-hydrogen) atoms. The smallest absolute Gasteiger partial charge is 0.326 e. The van der Waals surface area contributed by atoms with E-state index in [2.05, 4.69) is 4.74 Å². The summed E-state index contributed by atoms with van der Waals surface area (Å²) in [7, 11) is 0.0516. The molecule has 2 rings (SSSR count). The average Bonchev–Trinajstić information content (AvgIpc) is 2.65. The van der Waals surface area contributed by atoms with Gasteiger partial charge in [-0.15, -0.1) is 0 Å². The maximum Gasteiger partial charge on any atom is 0.326 e. The maximum absolute atomic E-state index is 13.2. The Balaban J connectivity index is 2.54. The zero-order valence-corrected chi connectivity index (χ0v) is 15.9. The summed E-state index contributed by atoms with van der Waals surface area (Å²) in [5.74, 6) is 0.00595. The molecule has 0 amide bonds. The highest BCUT2D eigenvalue weighted by atomic mass is 32.2. The SMILES string of the molecule is COC(=O)CN(c1ccc(C)cc1)S(=O)(=O)c1ccc(OC)c(OC)c1. The largest absolute Gasteiger partial charge is 0.493 e. The summed E-state index contributed by atoms with van der Waals surface area (Å²) in [4.78, 5) is 11.8. The van der Waals surface area contributed by atoms with Gasteiger partial charge in [0.1, 0.15) is 6.54 Å². The van der Waals surface area contributed by atoms with Crippen LogP contribution in [-0.2, 0) is 19.6 Å². The number of carbonyl (C=O) groups is 1. The summed E-state index contributed by atoms with van der Waals surface area (Å²) < 4.78 is 42.3. The van der Waals surface area contributed by atoms with Crippen LogP contribution in [-0.4, -0.2) is 42.3 Å². The quantitative estimate of drug-likeness (QED) is 0.687. The van der Waals surface area contributed by atoms with Crippen molar-refractivity contribution < 1.29 is 27.4 Å². The Kier molecular flexibility index (Phi) is 6.10. The van der Waals surface area contributed by atoms with Crippen molar-refractivity contribution in [2.45, 2.75) is 11.8 Å². The van der Waals surface area contributed by atoms with E-state index in [0.717, 1.165) is 9.87 Å². The van der Waals surface area contributed by atoms with Gasteiger partial charge in [-0.3, -0.25) is 9.10 Å². The average molecular weight is 379 g/mol. The first-order valence-corrected chi connectivity index (χ1v) is 9.15. The number of hydrogen-bond acceptors (Lipinski definition) is 6. The predicted molar refractivity (Wildman–Crippen MR) is 97.3 cm³/mol. The summed E-state index contributed by atoms with van der Waals surface area (Å²) in [6, 6.07) is 11.1.